The number of imidazole rings is 1. The van der Waals surface area contributed by atoms with E-state index in [9.17, 15) is 9.59 Å². The molecule has 2 aromatic carbocycles. The number of nitrogens with zero attached hydrogens (tertiary/aromatic N) is 3. The zero-order valence-corrected chi connectivity index (χ0v) is 15.6. The minimum atomic E-state index is -0.151. The lowest BCUT2D eigenvalue weighted by Gasteiger charge is -2.07. The molecule has 0 fully saturated rings. The average molecular weight is 375 g/mol. The smallest absolute Gasteiger partial charge is 0.258 e. The highest BCUT2D eigenvalue weighted by Gasteiger charge is 2.12. The Labute approximate surface area is 161 Å². The summed E-state index contributed by atoms with van der Waals surface area (Å²) in [6.07, 6.45) is 1.43. The van der Waals surface area contributed by atoms with E-state index < -0.39 is 0 Å². The number of aryl methyl sites for hydroxylation is 2. The van der Waals surface area contributed by atoms with Crippen LogP contribution in [-0.4, -0.2) is 25.4 Å². The van der Waals surface area contributed by atoms with Crippen molar-refractivity contribution in [2.24, 2.45) is 0 Å². The van der Waals surface area contributed by atoms with Crippen LogP contribution < -0.4 is 10.9 Å². The van der Waals surface area contributed by atoms with Crippen LogP contribution in [-0.2, 0) is 17.8 Å². The Morgan fingerprint density at radius 2 is 1.82 bits per heavy atom. The van der Waals surface area contributed by atoms with Crippen LogP contribution in [0.25, 0.3) is 21.9 Å². The second kappa shape index (κ2) is 7.64. The van der Waals surface area contributed by atoms with Gasteiger partial charge in [-0.05, 0) is 37.6 Å². The van der Waals surface area contributed by atoms with Gasteiger partial charge in [-0.2, -0.15) is 0 Å². The largest absolute Gasteiger partial charge is 0.310 e. The lowest BCUT2D eigenvalue weighted by atomic mass is 10.2. The van der Waals surface area contributed by atoms with E-state index >= 15 is 0 Å². The number of benzene rings is 2. The van der Waals surface area contributed by atoms with Crippen molar-refractivity contribution in [2.75, 3.05) is 5.32 Å². The first kappa shape index (κ1) is 17.9. The highest BCUT2D eigenvalue weighted by molar-refractivity contribution is 5.91. The van der Waals surface area contributed by atoms with Crippen LogP contribution in [0.15, 0.2) is 53.3 Å². The Bertz CT molecular complexity index is 1210. The van der Waals surface area contributed by atoms with Gasteiger partial charge >= 0.3 is 0 Å². The fraction of sp³-hybridized carbons (Fsp3) is 0.238. The lowest BCUT2D eigenvalue weighted by Crippen LogP contribution is -2.16. The number of hydrogen-bond acceptors (Lipinski definition) is 4. The van der Waals surface area contributed by atoms with Gasteiger partial charge in [-0.25, -0.2) is 9.97 Å². The summed E-state index contributed by atoms with van der Waals surface area (Å²) in [5, 5.41) is 3.47. The maximum atomic E-state index is 12.4. The van der Waals surface area contributed by atoms with Crippen LogP contribution in [0, 0.1) is 0 Å². The monoisotopic (exact) mass is 375 g/mol. The van der Waals surface area contributed by atoms with Crippen molar-refractivity contribution in [1.82, 2.24) is 19.5 Å². The minimum absolute atomic E-state index is 0.104. The summed E-state index contributed by atoms with van der Waals surface area (Å²) in [7, 11) is 0. The van der Waals surface area contributed by atoms with E-state index in [-0.39, 0.29) is 11.5 Å². The number of aromatic amines is 1. The summed E-state index contributed by atoms with van der Waals surface area (Å²) in [6.45, 7) is 2.74. The maximum Gasteiger partial charge on any atom is 0.258 e. The first-order valence-electron chi connectivity index (χ1n) is 9.39. The van der Waals surface area contributed by atoms with Gasteiger partial charge in [0.05, 0.1) is 21.9 Å². The van der Waals surface area contributed by atoms with Crippen molar-refractivity contribution in [3.8, 4) is 0 Å². The number of carbonyl (C=O) groups excluding carboxylic acids is 1. The molecule has 7 nitrogen and oxygen atoms in total. The number of H-pyrrole nitrogens is 1. The Kier molecular flexibility index (Phi) is 4.89. The lowest BCUT2D eigenvalue weighted by molar-refractivity contribution is -0.116. The van der Waals surface area contributed by atoms with Crippen molar-refractivity contribution < 1.29 is 4.79 Å². The number of carbonyl (C=O) groups is 1. The molecule has 0 saturated heterocycles. The van der Waals surface area contributed by atoms with Crippen LogP contribution in [0.3, 0.4) is 0 Å². The van der Waals surface area contributed by atoms with Crippen LogP contribution in [0.4, 0.5) is 5.95 Å². The van der Waals surface area contributed by atoms with E-state index in [2.05, 4.69) is 20.3 Å². The standard InChI is InChI=1S/C21H21N5O2/c1-2-26-17-11-6-5-10-16(17)23-21(26)25-19(27)13-7-12-18-22-15-9-4-3-8-14(15)20(28)24-18/h3-6,8-11H,2,7,12-13H2,1H3,(H,22,24,28)(H,23,25,27). The van der Waals surface area contributed by atoms with Gasteiger partial charge in [0.2, 0.25) is 11.9 Å². The van der Waals surface area contributed by atoms with Crippen LogP contribution in [0.5, 0.6) is 0 Å². The van der Waals surface area contributed by atoms with Gasteiger partial charge in [-0.1, -0.05) is 24.3 Å². The van der Waals surface area contributed by atoms with Crippen molar-refractivity contribution in [3.63, 3.8) is 0 Å². The van der Waals surface area contributed by atoms with Crippen molar-refractivity contribution >= 4 is 33.8 Å². The second-order valence-electron chi connectivity index (χ2n) is 6.60. The van der Waals surface area contributed by atoms with Crippen LogP contribution in [0.2, 0.25) is 0 Å². The number of amides is 1. The molecule has 28 heavy (non-hydrogen) atoms. The molecule has 142 valence electrons. The summed E-state index contributed by atoms with van der Waals surface area (Å²) in [4.78, 5) is 36.2. The first-order chi connectivity index (χ1) is 13.7. The van der Waals surface area contributed by atoms with Gasteiger partial charge < -0.3 is 9.55 Å². The molecule has 2 aromatic heterocycles. The van der Waals surface area contributed by atoms with Crippen molar-refractivity contribution in [1.29, 1.82) is 0 Å². The van der Waals surface area contributed by atoms with Crippen molar-refractivity contribution in [2.45, 2.75) is 32.7 Å². The molecular formula is C21H21N5O2. The summed E-state index contributed by atoms with van der Waals surface area (Å²) in [6, 6.07) is 15.0. The van der Waals surface area contributed by atoms with Gasteiger partial charge in [-0.3, -0.25) is 14.9 Å². The molecule has 0 spiro atoms. The quantitative estimate of drug-likeness (QED) is 0.541. The second-order valence-corrected chi connectivity index (χ2v) is 6.60. The SMILES string of the molecule is CCn1c(NC(=O)CCCc2nc3ccccc3c(=O)[nH]2)nc2ccccc21. The number of anilines is 1. The van der Waals surface area contributed by atoms with E-state index in [4.69, 9.17) is 0 Å². The van der Waals surface area contributed by atoms with E-state index in [1.807, 2.05) is 54.0 Å². The average Bonchev–Trinajstić information content (AvgIpc) is 3.05. The molecule has 7 heteroatoms. The number of aromatic nitrogens is 4. The molecule has 0 atom stereocenters. The first-order valence-corrected chi connectivity index (χ1v) is 9.39. The number of fused-ring (bicyclic) bond motifs is 2. The summed E-state index contributed by atoms with van der Waals surface area (Å²) in [5.74, 6) is 1.05. The van der Waals surface area contributed by atoms with E-state index in [1.54, 1.807) is 6.07 Å². The number of rotatable bonds is 6. The molecule has 4 rings (SSSR count). The summed E-state index contributed by atoms with van der Waals surface area (Å²) >= 11 is 0. The zero-order valence-electron chi connectivity index (χ0n) is 15.6. The predicted molar refractivity (Wildman–Crippen MR) is 109 cm³/mol. The van der Waals surface area contributed by atoms with Crippen LogP contribution in [0.1, 0.15) is 25.6 Å². The molecular weight excluding hydrogens is 354 g/mol. The summed E-state index contributed by atoms with van der Waals surface area (Å²) < 4.78 is 1.98. The molecule has 0 saturated carbocycles. The number of nitrogens with one attached hydrogen (secondary N) is 2. The maximum absolute atomic E-state index is 12.4. The van der Waals surface area contributed by atoms with E-state index in [0.717, 1.165) is 17.6 Å². The molecule has 0 radical (unpaired) electrons. The summed E-state index contributed by atoms with van der Waals surface area (Å²) in [5.41, 5.74) is 2.37. The molecule has 4 aromatic rings. The Morgan fingerprint density at radius 3 is 2.64 bits per heavy atom. The third-order valence-corrected chi connectivity index (χ3v) is 4.70. The molecule has 0 bridgehead atoms. The fourth-order valence-electron chi connectivity index (χ4n) is 3.35. The molecule has 2 N–H and O–H groups in total. The van der Waals surface area contributed by atoms with Crippen molar-refractivity contribution in [3.05, 3.63) is 64.7 Å². The van der Waals surface area contributed by atoms with Gasteiger partial charge in [0.25, 0.3) is 5.56 Å². The van der Waals surface area contributed by atoms with Gasteiger partial charge in [0.1, 0.15) is 5.82 Å². The van der Waals surface area contributed by atoms with Crippen LogP contribution >= 0.6 is 0 Å². The Morgan fingerprint density at radius 1 is 1.07 bits per heavy atom. The predicted octanol–water partition coefficient (Wildman–Crippen LogP) is 3.25. The zero-order chi connectivity index (χ0) is 19.5. The number of hydrogen-bond donors (Lipinski definition) is 2. The van der Waals surface area contributed by atoms with E-state index in [1.165, 1.54) is 0 Å². The Balaban J connectivity index is 1.41. The molecule has 0 unspecified atom stereocenters. The highest BCUT2D eigenvalue weighted by Crippen LogP contribution is 2.19. The van der Waals surface area contributed by atoms with Gasteiger partial charge in [0.15, 0.2) is 0 Å². The Hall–Kier alpha value is -3.48. The third kappa shape index (κ3) is 3.51. The molecule has 2 heterocycles. The topological polar surface area (TPSA) is 92.7 Å². The molecule has 0 aliphatic heterocycles. The van der Waals surface area contributed by atoms with Gasteiger partial charge in [-0.15, -0.1) is 0 Å². The molecule has 1 amide bonds. The highest BCUT2D eigenvalue weighted by atomic mass is 16.1. The minimum Gasteiger partial charge on any atom is -0.310 e. The molecule has 0 aliphatic rings. The van der Waals surface area contributed by atoms with E-state index in [0.29, 0.717) is 41.9 Å². The normalized spacial score (nSPS) is 11.2. The fourth-order valence-corrected chi connectivity index (χ4v) is 3.35. The number of para-hydroxylation sites is 3. The van der Waals surface area contributed by atoms with Gasteiger partial charge in [0, 0.05) is 19.4 Å². The molecule has 0 aliphatic carbocycles. The third-order valence-electron chi connectivity index (χ3n) is 4.70.